The lowest BCUT2D eigenvalue weighted by molar-refractivity contribution is -0.124. The van der Waals surface area contributed by atoms with Gasteiger partial charge in [0.15, 0.2) is 0 Å². The monoisotopic (exact) mass is 287 g/mol. The summed E-state index contributed by atoms with van der Waals surface area (Å²) in [5.74, 6) is -0.522. The molecule has 3 nitrogen and oxygen atoms in total. The van der Waals surface area contributed by atoms with Crippen molar-refractivity contribution in [3.05, 3.63) is 28.5 Å². The van der Waals surface area contributed by atoms with Crippen LogP contribution in [0.2, 0.25) is 0 Å². The van der Waals surface area contributed by atoms with Crippen LogP contribution in [0, 0.1) is 5.82 Å². The highest BCUT2D eigenvalue weighted by molar-refractivity contribution is 9.10. The summed E-state index contributed by atoms with van der Waals surface area (Å²) >= 11 is 3.06. The molecular formula is C11H11BrFNO2. The van der Waals surface area contributed by atoms with Gasteiger partial charge >= 0.3 is 0 Å². The number of ether oxygens (including phenoxy) is 1. The van der Waals surface area contributed by atoms with Crippen LogP contribution in [0.5, 0.6) is 0 Å². The van der Waals surface area contributed by atoms with E-state index in [2.05, 4.69) is 21.2 Å². The summed E-state index contributed by atoms with van der Waals surface area (Å²) in [5.41, 5.74) is 0.564. The Labute approximate surface area is 101 Å². The van der Waals surface area contributed by atoms with Gasteiger partial charge in [-0.2, -0.15) is 0 Å². The summed E-state index contributed by atoms with van der Waals surface area (Å²) in [6.45, 7) is 0.630. The lowest BCUT2D eigenvalue weighted by atomic mass is 10.2. The van der Waals surface area contributed by atoms with Crippen LogP contribution in [0.4, 0.5) is 10.1 Å². The van der Waals surface area contributed by atoms with Crippen molar-refractivity contribution in [2.24, 2.45) is 0 Å². The van der Waals surface area contributed by atoms with E-state index in [-0.39, 0.29) is 17.8 Å². The Balaban J connectivity index is 2.02. The number of carbonyl (C=O) groups excluding carboxylic acids is 1. The van der Waals surface area contributed by atoms with Crippen LogP contribution in [0.25, 0.3) is 0 Å². The number of rotatable bonds is 2. The molecule has 1 N–H and O–H groups in total. The van der Waals surface area contributed by atoms with Crippen LogP contribution in [0.3, 0.4) is 0 Å². The molecule has 1 saturated heterocycles. The number of amides is 1. The van der Waals surface area contributed by atoms with Crippen LogP contribution < -0.4 is 5.32 Å². The Morgan fingerprint density at radius 3 is 3.00 bits per heavy atom. The van der Waals surface area contributed by atoms with Gasteiger partial charge in [-0.15, -0.1) is 0 Å². The molecule has 0 radical (unpaired) electrons. The van der Waals surface area contributed by atoms with E-state index >= 15 is 0 Å². The van der Waals surface area contributed by atoms with Gasteiger partial charge in [0.25, 0.3) is 5.91 Å². The zero-order valence-corrected chi connectivity index (χ0v) is 10.1. The number of halogens is 2. The molecule has 1 atom stereocenters. The fraction of sp³-hybridized carbons (Fsp3) is 0.364. The van der Waals surface area contributed by atoms with Gasteiger partial charge < -0.3 is 10.1 Å². The molecule has 5 heteroatoms. The first kappa shape index (κ1) is 11.5. The van der Waals surface area contributed by atoms with Crippen molar-refractivity contribution in [2.75, 3.05) is 11.9 Å². The zero-order chi connectivity index (χ0) is 11.5. The number of hydrogen-bond donors (Lipinski definition) is 1. The molecule has 2 rings (SSSR count). The minimum Gasteiger partial charge on any atom is -0.368 e. The Morgan fingerprint density at radius 1 is 1.56 bits per heavy atom. The van der Waals surface area contributed by atoms with Crippen molar-refractivity contribution in [1.29, 1.82) is 0 Å². The third kappa shape index (κ3) is 2.59. The lowest BCUT2D eigenvalue weighted by Gasteiger charge is -2.10. The smallest absolute Gasteiger partial charge is 0.253 e. The summed E-state index contributed by atoms with van der Waals surface area (Å²) in [4.78, 5) is 11.7. The molecule has 1 aromatic carbocycles. The normalized spacial score (nSPS) is 19.8. The minimum atomic E-state index is -0.371. The number of benzene rings is 1. The predicted octanol–water partition coefficient (Wildman–Crippen LogP) is 2.71. The Hall–Kier alpha value is -0.940. The Bertz CT molecular complexity index is 405. The van der Waals surface area contributed by atoms with Crippen LogP contribution in [0.15, 0.2) is 22.7 Å². The average Bonchev–Trinajstić information content (AvgIpc) is 2.77. The van der Waals surface area contributed by atoms with E-state index in [4.69, 9.17) is 4.74 Å². The molecule has 0 bridgehead atoms. The van der Waals surface area contributed by atoms with Gasteiger partial charge in [-0.25, -0.2) is 4.39 Å². The van der Waals surface area contributed by atoms with E-state index in [0.717, 1.165) is 12.8 Å². The quantitative estimate of drug-likeness (QED) is 0.908. The number of hydrogen-bond acceptors (Lipinski definition) is 2. The van der Waals surface area contributed by atoms with E-state index in [9.17, 15) is 9.18 Å². The maximum absolute atomic E-state index is 13.0. The van der Waals surface area contributed by atoms with Crippen LogP contribution in [-0.2, 0) is 9.53 Å². The predicted molar refractivity (Wildman–Crippen MR) is 61.7 cm³/mol. The van der Waals surface area contributed by atoms with Crippen molar-refractivity contribution in [1.82, 2.24) is 0 Å². The molecule has 0 aromatic heterocycles. The Morgan fingerprint density at radius 2 is 2.38 bits per heavy atom. The van der Waals surface area contributed by atoms with E-state index in [1.54, 1.807) is 0 Å². The second-order valence-corrected chi connectivity index (χ2v) is 4.47. The third-order valence-corrected chi connectivity index (χ3v) is 3.02. The van der Waals surface area contributed by atoms with Gasteiger partial charge in [-0.1, -0.05) is 0 Å². The van der Waals surface area contributed by atoms with Gasteiger partial charge in [-0.05, 0) is 47.0 Å². The van der Waals surface area contributed by atoms with E-state index in [1.807, 2.05) is 0 Å². The van der Waals surface area contributed by atoms with E-state index < -0.39 is 0 Å². The zero-order valence-electron chi connectivity index (χ0n) is 8.50. The van der Waals surface area contributed by atoms with Gasteiger partial charge in [0, 0.05) is 12.3 Å². The van der Waals surface area contributed by atoms with E-state index in [0.29, 0.717) is 16.8 Å². The molecule has 1 unspecified atom stereocenters. The molecule has 0 spiro atoms. The molecule has 16 heavy (non-hydrogen) atoms. The summed E-state index contributed by atoms with van der Waals surface area (Å²) < 4.78 is 18.5. The molecule has 1 aliphatic heterocycles. The summed E-state index contributed by atoms with van der Waals surface area (Å²) in [5, 5.41) is 2.69. The van der Waals surface area contributed by atoms with Crippen molar-refractivity contribution in [3.8, 4) is 0 Å². The number of anilines is 1. The molecule has 1 aliphatic rings. The molecule has 1 fully saturated rings. The second kappa shape index (κ2) is 4.93. The maximum Gasteiger partial charge on any atom is 0.253 e. The molecule has 0 aliphatic carbocycles. The van der Waals surface area contributed by atoms with Gasteiger partial charge in [-0.3, -0.25) is 4.79 Å². The fourth-order valence-corrected chi connectivity index (χ4v) is 1.96. The molecular weight excluding hydrogens is 277 g/mol. The van der Waals surface area contributed by atoms with Crippen molar-refractivity contribution >= 4 is 27.5 Å². The standard InChI is InChI=1S/C11H11BrFNO2/c12-8-6-7(3-4-9(8)13)14-11(15)10-2-1-5-16-10/h3-4,6,10H,1-2,5H2,(H,14,15). The molecule has 86 valence electrons. The molecule has 0 saturated carbocycles. The van der Waals surface area contributed by atoms with Crippen LogP contribution in [-0.4, -0.2) is 18.6 Å². The summed E-state index contributed by atoms with van der Waals surface area (Å²) in [7, 11) is 0. The summed E-state index contributed by atoms with van der Waals surface area (Å²) in [6.07, 6.45) is 1.28. The first-order valence-electron chi connectivity index (χ1n) is 5.04. The topological polar surface area (TPSA) is 38.3 Å². The SMILES string of the molecule is O=C(Nc1ccc(F)c(Br)c1)C1CCCO1. The first-order valence-corrected chi connectivity index (χ1v) is 5.83. The van der Waals surface area contributed by atoms with Crippen molar-refractivity contribution in [2.45, 2.75) is 18.9 Å². The largest absolute Gasteiger partial charge is 0.368 e. The van der Waals surface area contributed by atoms with Crippen molar-refractivity contribution in [3.63, 3.8) is 0 Å². The van der Waals surface area contributed by atoms with Crippen LogP contribution in [0.1, 0.15) is 12.8 Å². The maximum atomic E-state index is 13.0. The highest BCUT2D eigenvalue weighted by atomic mass is 79.9. The van der Waals surface area contributed by atoms with Gasteiger partial charge in [0.1, 0.15) is 11.9 Å². The lowest BCUT2D eigenvalue weighted by Crippen LogP contribution is -2.26. The Kier molecular flexibility index (Phi) is 3.56. The third-order valence-electron chi connectivity index (χ3n) is 2.41. The van der Waals surface area contributed by atoms with E-state index in [1.165, 1.54) is 18.2 Å². The van der Waals surface area contributed by atoms with Gasteiger partial charge in [0.2, 0.25) is 0 Å². The highest BCUT2D eigenvalue weighted by Crippen LogP contribution is 2.21. The van der Waals surface area contributed by atoms with Crippen molar-refractivity contribution < 1.29 is 13.9 Å². The second-order valence-electron chi connectivity index (χ2n) is 3.62. The number of nitrogens with one attached hydrogen (secondary N) is 1. The summed E-state index contributed by atoms with van der Waals surface area (Å²) in [6, 6.07) is 4.35. The molecule has 1 heterocycles. The average molecular weight is 288 g/mol. The minimum absolute atomic E-state index is 0.170. The highest BCUT2D eigenvalue weighted by Gasteiger charge is 2.23. The van der Waals surface area contributed by atoms with Gasteiger partial charge in [0.05, 0.1) is 4.47 Å². The number of carbonyl (C=O) groups is 1. The molecule has 1 aromatic rings. The van der Waals surface area contributed by atoms with Crippen LogP contribution >= 0.6 is 15.9 Å². The molecule has 1 amide bonds. The fourth-order valence-electron chi connectivity index (χ4n) is 1.58. The first-order chi connectivity index (χ1) is 7.66.